The first-order valence-corrected chi connectivity index (χ1v) is 9.54. The van der Waals surface area contributed by atoms with E-state index in [4.69, 9.17) is 4.74 Å². The minimum Gasteiger partial charge on any atom is -0.435 e. The molecular weight excluding hydrogens is 360 g/mol. The Labute approximate surface area is 158 Å². The van der Waals surface area contributed by atoms with Gasteiger partial charge in [0.25, 0.3) is 0 Å². The second kappa shape index (κ2) is 11.3. The molecular formula is C21H28F4O2. The maximum Gasteiger partial charge on any atom is 0.387 e. The van der Waals surface area contributed by atoms with Crippen LogP contribution in [0.15, 0.2) is 36.4 Å². The molecule has 2 nitrogen and oxygen atoms in total. The van der Waals surface area contributed by atoms with Crippen LogP contribution in [0.4, 0.5) is 17.6 Å². The van der Waals surface area contributed by atoms with E-state index in [-0.39, 0.29) is 18.3 Å². The molecule has 1 fully saturated rings. The van der Waals surface area contributed by atoms with Crippen LogP contribution in [0, 0.1) is 11.8 Å². The molecule has 0 N–H and O–H groups in total. The minimum atomic E-state index is -2.90. The van der Waals surface area contributed by atoms with Crippen LogP contribution in [0.2, 0.25) is 0 Å². The molecule has 0 aliphatic heterocycles. The van der Waals surface area contributed by atoms with Gasteiger partial charge in [-0.1, -0.05) is 37.1 Å². The van der Waals surface area contributed by atoms with Gasteiger partial charge in [-0.05, 0) is 62.1 Å². The van der Waals surface area contributed by atoms with Crippen molar-refractivity contribution >= 4 is 0 Å². The van der Waals surface area contributed by atoms with Gasteiger partial charge in [-0.15, -0.1) is 0 Å². The van der Waals surface area contributed by atoms with Crippen LogP contribution < -0.4 is 4.74 Å². The number of rotatable bonds is 10. The molecule has 2 unspecified atom stereocenters. The standard InChI is InChI=1S/C21H28F4O2/c1-2-3-4-5-15-6-10-17(11-7-15)19(22)20(23)26-14-16-8-12-18(13-9-16)27-21(24)25/h2-3,8-9,12-13,15,17,19-21H,4-7,10-11,14H2,1H3/b3-2+. The number of halogens is 4. The van der Waals surface area contributed by atoms with Crippen molar-refractivity contribution in [3.05, 3.63) is 42.0 Å². The SMILES string of the molecule is C/C=C/CCC1CCC(C(F)C(F)OCc2ccc(OC(F)F)cc2)CC1. The third-order valence-electron chi connectivity index (χ3n) is 5.13. The zero-order valence-electron chi connectivity index (χ0n) is 15.6. The molecule has 1 aliphatic carbocycles. The van der Waals surface area contributed by atoms with Gasteiger partial charge in [-0.3, -0.25) is 0 Å². The Balaban J connectivity index is 1.71. The van der Waals surface area contributed by atoms with Gasteiger partial charge in [0.2, 0.25) is 6.36 Å². The monoisotopic (exact) mass is 388 g/mol. The summed E-state index contributed by atoms with van der Waals surface area (Å²) in [6.07, 6.45) is 5.94. The van der Waals surface area contributed by atoms with Crippen LogP contribution in [-0.4, -0.2) is 19.1 Å². The maximum absolute atomic E-state index is 14.4. The highest BCUT2D eigenvalue weighted by Gasteiger charge is 2.33. The number of benzene rings is 1. The Bertz CT molecular complexity index is 554. The largest absolute Gasteiger partial charge is 0.435 e. The van der Waals surface area contributed by atoms with E-state index in [9.17, 15) is 17.6 Å². The van der Waals surface area contributed by atoms with Crippen molar-refractivity contribution in [1.82, 2.24) is 0 Å². The second-order valence-corrected chi connectivity index (χ2v) is 7.06. The average molecular weight is 388 g/mol. The number of hydrogen-bond donors (Lipinski definition) is 0. The molecule has 6 heteroatoms. The Morgan fingerprint density at radius 1 is 1.04 bits per heavy atom. The fraction of sp³-hybridized carbons (Fsp3) is 0.619. The van der Waals surface area contributed by atoms with Gasteiger partial charge < -0.3 is 9.47 Å². The smallest absolute Gasteiger partial charge is 0.387 e. The van der Waals surface area contributed by atoms with Crippen molar-refractivity contribution in [2.45, 2.75) is 71.2 Å². The van der Waals surface area contributed by atoms with Crippen molar-refractivity contribution in [1.29, 1.82) is 0 Å². The average Bonchev–Trinajstić information content (AvgIpc) is 2.67. The maximum atomic E-state index is 14.4. The van der Waals surface area contributed by atoms with Crippen LogP contribution in [0.25, 0.3) is 0 Å². The van der Waals surface area contributed by atoms with E-state index in [1.807, 2.05) is 13.0 Å². The summed E-state index contributed by atoms with van der Waals surface area (Å²) in [5.41, 5.74) is 0.569. The Morgan fingerprint density at radius 2 is 1.70 bits per heavy atom. The summed E-state index contributed by atoms with van der Waals surface area (Å²) in [4.78, 5) is 0. The lowest BCUT2D eigenvalue weighted by Crippen LogP contribution is -2.31. The molecule has 0 bridgehead atoms. The zero-order chi connectivity index (χ0) is 19.6. The van der Waals surface area contributed by atoms with E-state index in [0.29, 0.717) is 24.3 Å². The first-order chi connectivity index (χ1) is 13.0. The van der Waals surface area contributed by atoms with Gasteiger partial charge in [-0.25, -0.2) is 8.78 Å². The molecule has 2 atom stereocenters. The molecule has 2 rings (SSSR count). The van der Waals surface area contributed by atoms with E-state index >= 15 is 0 Å². The van der Waals surface area contributed by atoms with Gasteiger partial charge in [0.1, 0.15) is 5.75 Å². The summed E-state index contributed by atoms with van der Waals surface area (Å²) in [5, 5.41) is 0. The van der Waals surface area contributed by atoms with Gasteiger partial charge in [-0.2, -0.15) is 8.78 Å². The molecule has 1 aromatic carbocycles. The molecule has 1 aromatic rings. The Hall–Kier alpha value is -1.56. The predicted molar refractivity (Wildman–Crippen MR) is 97.2 cm³/mol. The van der Waals surface area contributed by atoms with Gasteiger partial charge >= 0.3 is 6.61 Å². The second-order valence-electron chi connectivity index (χ2n) is 7.06. The molecule has 27 heavy (non-hydrogen) atoms. The van der Waals surface area contributed by atoms with Crippen molar-refractivity contribution in [3.8, 4) is 5.75 Å². The lowest BCUT2D eigenvalue weighted by molar-refractivity contribution is -0.115. The molecule has 152 valence electrons. The highest BCUT2D eigenvalue weighted by molar-refractivity contribution is 5.26. The first-order valence-electron chi connectivity index (χ1n) is 9.54. The fourth-order valence-electron chi connectivity index (χ4n) is 3.54. The summed E-state index contributed by atoms with van der Waals surface area (Å²) >= 11 is 0. The highest BCUT2D eigenvalue weighted by atomic mass is 19.3. The van der Waals surface area contributed by atoms with Gasteiger partial charge in [0, 0.05) is 0 Å². The molecule has 0 heterocycles. The van der Waals surface area contributed by atoms with Crippen molar-refractivity contribution in [2.24, 2.45) is 11.8 Å². The van der Waals surface area contributed by atoms with E-state index in [1.165, 1.54) is 24.3 Å². The lowest BCUT2D eigenvalue weighted by atomic mass is 9.78. The fourth-order valence-corrected chi connectivity index (χ4v) is 3.54. The summed E-state index contributed by atoms with van der Waals surface area (Å²) in [6, 6.07) is 5.68. The molecule has 0 amide bonds. The van der Waals surface area contributed by atoms with Crippen LogP contribution in [0.3, 0.4) is 0 Å². The lowest BCUT2D eigenvalue weighted by Gasteiger charge is -2.31. The van der Waals surface area contributed by atoms with Crippen LogP contribution in [0.5, 0.6) is 5.75 Å². The van der Waals surface area contributed by atoms with Crippen molar-refractivity contribution < 1.29 is 27.0 Å². The summed E-state index contributed by atoms with van der Waals surface area (Å²) in [6.45, 7) is -1.01. The molecule has 0 aromatic heterocycles. The topological polar surface area (TPSA) is 18.5 Å². The van der Waals surface area contributed by atoms with E-state index in [1.54, 1.807) is 0 Å². The van der Waals surface area contributed by atoms with E-state index in [0.717, 1.165) is 25.7 Å². The predicted octanol–water partition coefficient (Wildman–Crippen LogP) is 6.60. The molecule has 0 saturated heterocycles. The van der Waals surface area contributed by atoms with Gasteiger partial charge in [0.05, 0.1) is 6.61 Å². The Morgan fingerprint density at radius 3 is 2.30 bits per heavy atom. The number of hydrogen-bond acceptors (Lipinski definition) is 2. The van der Waals surface area contributed by atoms with E-state index in [2.05, 4.69) is 10.8 Å². The first kappa shape index (κ1) is 21.7. The number of ether oxygens (including phenoxy) is 2. The van der Waals surface area contributed by atoms with Crippen LogP contribution in [0.1, 0.15) is 51.0 Å². The third kappa shape index (κ3) is 7.53. The molecule has 1 saturated carbocycles. The quantitative estimate of drug-likeness (QED) is 0.332. The van der Waals surface area contributed by atoms with Gasteiger partial charge in [0.15, 0.2) is 6.17 Å². The normalized spacial score (nSPS) is 22.9. The molecule has 0 spiro atoms. The summed E-state index contributed by atoms with van der Waals surface area (Å²) in [7, 11) is 0. The molecule has 0 radical (unpaired) electrons. The van der Waals surface area contributed by atoms with Crippen molar-refractivity contribution in [2.75, 3.05) is 0 Å². The van der Waals surface area contributed by atoms with Crippen molar-refractivity contribution in [3.63, 3.8) is 0 Å². The Kier molecular flexibility index (Phi) is 9.11. The molecule has 1 aliphatic rings. The highest BCUT2D eigenvalue weighted by Crippen LogP contribution is 2.36. The van der Waals surface area contributed by atoms with Crippen LogP contribution >= 0.6 is 0 Å². The summed E-state index contributed by atoms with van der Waals surface area (Å²) < 4.78 is 62.0. The zero-order valence-corrected chi connectivity index (χ0v) is 15.6. The number of alkyl halides is 4. The van der Waals surface area contributed by atoms with E-state index < -0.39 is 19.1 Å². The summed E-state index contributed by atoms with van der Waals surface area (Å²) in [5.74, 6) is 0.303. The minimum absolute atomic E-state index is 0.0140. The third-order valence-corrected chi connectivity index (χ3v) is 5.13. The van der Waals surface area contributed by atoms with Crippen LogP contribution in [-0.2, 0) is 11.3 Å². The number of allylic oxidation sites excluding steroid dienone is 2.